The molecule has 0 heteroatoms. The molecule has 0 saturated heterocycles. The lowest BCUT2D eigenvalue weighted by Gasteiger charge is -2.17. The molecule has 0 bridgehead atoms. The Balaban J connectivity index is 0.000000955. The molecule has 0 spiro atoms. The van der Waals surface area contributed by atoms with Gasteiger partial charge in [0, 0.05) is 11.8 Å². The van der Waals surface area contributed by atoms with E-state index in [-0.39, 0.29) is 5.92 Å². The van der Waals surface area contributed by atoms with Crippen LogP contribution in [0.25, 0.3) is 40.0 Å². The summed E-state index contributed by atoms with van der Waals surface area (Å²) in [6.07, 6.45) is 33.8. The van der Waals surface area contributed by atoms with E-state index in [0.717, 1.165) is 18.4 Å². The summed E-state index contributed by atoms with van der Waals surface area (Å²) in [5.41, 5.74) is 15.5. The molecule has 0 fully saturated rings. The normalized spacial score (nSPS) is 17.8. The molecule has 0 radical (unpaired) electrons. The van der Waals surface area contributed by atoms with E-state index in [0.29, 0.717) is 5.92 Å². The van der Waals surface area contributed by atoms with E-state index in [1.165, 1.54) is 71.7 Å². The van der Waals surface area contributed by atoms with Gasteiger partial charge in [0.1, 0.15) is 0 Å². The molecule has 4 aliphatic carbocycles. The lowest BCUT2D eigenvalue weighted by molar-refractivity contribution is 0.964. The SMILES string of the molecule is C=C.C=C/C(=C\C1=CC=CC1)c1ccc(-c2cc(C3=CC(/C(C)=C(\C)C(=CC4C=CC(C)=C4)c4ccccc4)C=C3)cc3c2=CCC=3)cc1.CC.CC.CC. The Bertz CT molecular complexity index is 2160. The molecule has 3 aromatic carbocycles. The third kappa shape index (κ3) is 11.1. The minimum atomic E-state index is 0.259. The first kappa shape index (κ1) is 43.9. The zero-order valence-corrected chi connectivity index (χ0v) is 35.1. The fourth-order valence-corrected chi connectivity index (χ4v) is 7.12. The summed E-state index contributed by atoms with van der Waals surface area (Å²) in [5.74, 6) is 0.584. The molecule has 3 aromatic rings. The van der Waals surface area contributed by atoms with E-state index in [9.17, 15) is 0 Å². The number of hydrogen-bond donors (Lipinski definition) is 0. The zero-order valence-electron chi connectivity index (χ0n) is 35.1. The van der Waals surface area contributed by atoms with Crippen molar-refractivity contribution in [3.05, 3.63) is 209 Å². The van der Waals surface area contributed by atoms with Crippen molar-refractivity contribution >= 4 is 28.9 Å². The molecule has 4 aliphatic rings. The van der Waals surface area contributed by atoms with Gasteiger partial charge in [-0.3, -0.25) is 0 Å². The predicted octanol–water partition coefficient (Wildman–Crippen LogP) is 14.8. The Hall–Kier alpha value is -5.46. The highest BCUT2D eigenvalue weighted by atomic mass is 14.2. The molecule has 0 heterocycles. The second-order valence-corrected chi connectivity index (χ2v) is 13.0. The van der Waals surface area contributed by atoms with Gasteiger partial charge in [0.2, 0.25) is 0 Å². The van der Waals surface area contributed by atoms with E-state index >= 15 is 0 Å². The van der Waals surface area contributed by atoms with E-state index in [2.05, 4.69) is 186 Å². The van der Waals surface area contributed by atoms with Crippen molar-refractivity contribution < 1.29 is 0 Å². The van der Waals surface area contributed by atoms with Crippen LogP contribution in [0.5, 0.6) is 0 Å². The van der Waals surface area contributed by atoms with Crippen molar-refractivity contribution in [2.75, 3.05) is 0 Å². The average Bonchev–Trinajstić information content (AvgIpc) is 4.11. The predicted molar refractivity (Wildman–Crippen MR) is 250 cm³/mol. The molecule has 0 N–H and O–H groups in total. The van der Waals surface area contributed by atoms with E-state index in [1.807, 2.05) is 47.6 Å². The van der Waals surface area contributed by atoms with Crippen LogP contribution in [0.2, 0.25) is 0 Å². The molecule has 0 aromatic heterocycles. The van der Waals surface area contributed by atoms with Crippen LogP contribution in [0.4, 0.5) is 0 Å². The maximum atomic E-state index is 4.09. The zero-order chi connectivity index (χ0) is 40.3. The summed E-state index contributed by atoms with van der Waals surface area (Å²) in [6, 6.07) is 24.6. The van der Waals surface area contributed by atoms with Crippen LogP contribution >= 0.6 is 0 Å². The third-order valence-electron chi connectivity index (χ3n) is 9.91. The van der Waals surface area contributed by atoms with Crippen LogP contribution in [0.15, 0.2) is 182 Å². The molecule has 284 valence electrons. The first-order valence-corrected chi connectivity index (χ1v) is 20.3. The van der Waals surface area contributed by atoms with Gasteiger partial charge in [0.15, 0.2) is 0 Å². The summed E-state index contributed by atoms with van der Waals surface area (Å²) >= 11 is 0. The van der Waals surface area contributed by atoms with Crippen LogP contribution in [-0.4, -0.2) is 0 Å². The van der Waals surface area contributed by atoms with Crippen LogP contribution in [-0.2, 0) is 0 Å². The maximum Gasteiger partial charge on any atom is 0.0172 e. The monoisotopic (exact) mass is 725 g/mol. The Kier molecular flexibility index (Phi) is 18.1. The van der Waals surface area contributed by atoms with Crippen molar-refractivity contribution in [3.8, 4) is 11.1 Å². The van der Waals surface area contributed by atoms with E-state index in [4.69, 9.17) is 0 Å². The van der Waals surface area contributed by atoms with Gasteiger partial charge >= 0.3 is 0 Å². The Morgan fingerprint density at radius 2 is 1.47 bits per heavy atom. The minimum absolute atomic E-state index is 0.259. The van der Waals surface area contributed by atoms with Crippen molar-refractivity contribution in [1.29, 1.82) is 0 Å². The Morgan fingerprint density at radius 3 is 2.09 bits per heavy atom. The summed E-state index contributed by atoms with van der Waals surface area (Å²) in [7, 11) is 0. The molecule has 0 aliphatic heterocycles. The highest BCUT2D eigenvalue weighted by Crippen LogP contribution is 2.36. The van der Waals surface area contributed by atoms with Gasteiger partial charge in [-0.15, -0.1) is 13.2 Å². The molecule has 2 atom stereocenters. The molecule has 7 rings (SSSR count). The number of allylic oxidation sites excluding steroid dienone is 19. The molecular formula is C55H64. The first-order valence-electron chi connectivity index (χ1n) is 20.3. The second-order valence-electron chi connectivity index (χ2n) is 13.0. The number of fused-ring (bicyclic) bond motifs is 1. The smallest absolute Gasteiger partial charge is 0.0172 e. The molecule has 0 saturated carbocycles. The van der Waals surface area contributed by atoms with E-state index < -0.39 is 0 Å². The van der Waals surface area contributed by atoms with Crippen LogP contribution in [0.1, 0.15) is 91.8 Å². The van der Waals surface area contributed by atoms with Crippen molar-refractivity contribution in [3.63, 3.8) is 0 Å². The van der Waals surface area contributed by atoms with Gasteiger partial charge in [-0.1, -0.05) is 199 Å². The molecule has 55 heavy (non-hydrogen) atoms. The first-order chi connectivity index (χ1) is 27.0. The topological polar surface area (TPSA) is 0 Å². The highest BCUT2D eigenvalue weighted by Gasteiger charge is 2.19. The average molecular weight is 725 g/mol. The van der Waals surface area contributed by atoms with Crippen molar-refractivity contribution in [2.24, 2.45) is 11.8 Å². The molecule has 0 nitrogen and oxygen atoms in total. The highest BCUT2D eigenvalue weighted by molar-refractivity contribution is 5.84. The number of hydrogen-bond acceptors (Lipinski definition) is 0. The number of rotatable bonds is 9. The largest absolute Gasteiger partial charge is 0.106 e. The van der Waals surface area contributed by atoms with Crippen molar-refractivity contribution in [1.82, 2.24) is 0 Å². The van der Waals surface area contributed by atoms with Crippen LogP contribution in [0.3, 0.4) is 0 Å². The van der Waals surface area contributed by atoms with Gasteiger partial charge in [0.25, 0.3) is 0 Å². The summed E-state index contributed by atoms with van der Waals surface area (Å²) < 4.78 is 0. The fourth-order valence-electron chi connectivity index (χ4n) is 7.12. The Morgan fingerprint density at radius 1 is 0.764 bits per heavy atom. The summed E-state index contributed by atoms with van der Waals surface area (Å²) in [6.45, 7) is 28.9. The molecular weight excluding hydrogens is 661 g/mol. The van der Waals surface area contributed by atoms with E-state index in [1.54, 1.807) is 0 Å². The van der Waals surface area contributed by atoms with Gasteiger partial charge in [-0.05, 0) is 112 Å². The minimum Gasteiger partial charge on any atom is -0.106 e. The lowest BCUT2D eigenvalue weighted by Crippen LogP contribution is -2.24. The second kappa shape index (κ2) is 22.7. The molecule has 2 unspecified atom stereocenters. The van der Waals surface area contributed by atoms with Gasteiger partial charge in [0.05, 0.1) is 0 Å². The van der Waals surface area contributed by atoms with Gasteiger partial charge < -0.3 is 0 Å². The van der Waals surface area contributed by atoms with Gasteiger partial charge in [-0.25, -0.2) is 0 Å². The summed E-state index contributed by atoms with van der Waals surface area (Å²) in [4.78, 5) is 0. The molecule has 0 amide bonds. The maximum absolute atomic E-state index is 4.09. The fraction of sp³-hybridized carbons (Fsp3) is 0.236. The standard InChI is InChI=1S/C47H42.3C2H6.C2H4/c1-5-37(27-35-12-9-10-13-35)38-20-22-40(23-21-38)47-31-44(30-43-16-11-17-45(43)47)42-25-24-41(29-42)33(3)34(4)46(39-14-7-6-8-15-39)28-36-19-18-32(2)26-36;4*1-2/h5-10,12,14-31,36,41H,1,11,13H2,2-4H3;3*1-2H3;1-2H2/b34-33+,37-27+,46-28?;;;;. The number of benzene rings is 3. The Labute approximate surface area is 334 Å². The van der Waals surface area contributed by atoms with Gasteiger partial charge in [-0.2, -0.15) is 0 Å². The lowest BCUT2D eigenvalue weighted by atomic mass is 9.88. The van der Waals surface area contributed by atoms with Crippen LogP contribution < -0.4 is 10.4 Å². The third-order valence-corrected chi connectivity index (χ3v) is 9.91. The summed E-state index contributed by atoms with van der Waals surface area (Å²) in [5, 5.41) is 2.68. The quantitative estimate of drug-likeness (QED) is 0.152. The van der Waals surface area contributed by atoms with Crippen LogP contribution in [0, 0.1) is 11.8 Å². The van der Waals surface area contributed by atoms with Crippen molar-refractivity contribution in [2.45, 2.75) is 75.2 Å².